The minimum Gasteiger partial charge on any atom is -0.364 e. The van der Waals surface area contributed by atoms with Crippen LogP contribution in [0.3, 0.4) is 0 Å². The Morgan fingerprint density at radius 2 is 1.68 bits per heavy atom. The van der Waals surface area contributed by atoms with Crippen LogP contribution in [0.2, 0.25) is 0 Å². The van der Waals surface area contributed by atoms with E-state index in [0.29, 0.717) is 11.3 Å². The highest BCUT2D eigenvalue weighted by Crippen LogP contribution is 2.39. The van der Waals surface area contributed by atoms with Gasteiger partial charge in [-0.3, -0.25) is 0 Å². The second-order valence-corrected chi connectivity index (χ2v) is 8.55. The Labute approximate surface area is 162 Å². The topological polar surface area (TPSA) is 49.4 Å². The summed E-state index contributed by atoms with van der Waals surface area (Å²) < 4.78 is 55.3. The zero-order valence-corrected chi connectivity index (χ0v) is 15.9. The molecule has 3 aromatic rings. The first kappa shape index (κ1) is 18.6. The Balaban J connectivity index is 1.86. The van der Waals surface area contributed by atoms with Crippen molar-refractivity contribution in [2.24, 2.45) is 0 Å². The first-order valence-corrected chi connectivity index (χ1v) is 10.2. The SMILES string of the molecule is Cc1ccccc1CN1[C@H](c2ccc(F)c(F)c2)Nc2ccccc2S1(=O)=O. The third kappa shape index (κ3) is 3.16. The molecule has 4 nitrogen and oxygen atoms in total. The van der Waals surface area contributed by atoms with E-state index in [1.54, 1.807) is 18.2 Å². The predicted molar refractivity (Wildman–Crippen MR) is 103 cm³/mol. The second kappa shape index (κ2) is 7.00. The second-order valence-electron chi connectivity index (χ2n) is 6.69. The first-order chi connectivity index (χ1) is 13.4. The van der Waals surface area contributed by atoms with Crippen molar-refractivity contribution in [2.75, 3.05) is 5.32 Å². The smallest absolute Gasteiger partial charge is 0.247 e. The van der Waals surface area contributed by atoms with Gasteiger partial charge >= 0.3 is 0 Å². The molecule has 1 aliphatic heterocycles. The average Bonchev–Trinajstić information content (AvgIpc) is 2.67. The van der Waals surface area contributed by atoms with E-state index < -0.39 is 27.8 Å². The summed E-state index contributed by atoms with van der Waals surface area (Å²) in [5.74, 6) is -2.00. The van der Waals surface area contributed by atoms with Gasteiger partial charge in [-0.2, -0.15) is 4.31 Å². The molecule has 1 heterocycles. The van der Waals surface area contributed by atoms with Crippen LogP contribution in [0, 0.1) is 18.6 Å². The van der Waals surface area contributed by atoms with Crippen molar-refractivity contribution in [1.82, 2.24) is 4.31 Å². The number of halogens is 2. The molecular weight excluding hydrogens is 382 g/mol. The normalized spacial score (nSPS) is 18.3. The molecule has 3 aromatic carbocycles. The van der Waals surface area contributed by atoms with Crippen LogP contribution in [0.5, 0.6) is 0 Å². The number of nitrogens with one attached hydrogen (secondary N) is 1. The molecule has 1 N–H and O–H groups in total. The van der Waals surface area contributed by atoms with Crippen LogP contribution in [0.25, 0.3) is 0 Å². The number of benzene rings is 3. The van der Waals surface area contributed by atoms with Gasteiger partial charge in [-0.05, 0) is 47.9 Å². The first-order valence-electron chi connectivity index (χ1n) is 8.75. The summed E-state index contributed by atoms with van der Waals surface area (Å²) in [5, 5.41) is 3.16. The number of aryl methyl sites for hydroxylation is 1. The molecule has 4 rings (SSSR count). The fourth-order valence-corrected chi connectivity index (χ4v) is 5.03. The average molecular weight is 400 g/mol. The third-order valence-electron chi connectivity index (χ3n) is 4.90. The van der Waals surface area contributed by atoms with Crippen molar-refractivity contribution in [1.29, 1.82) is 0 Å². The molecule has 144 valence electrons. The number of fused-ring (bicyclic) bond motifs is 1. The van der Waals surface area contributed by atoms with Gasteiger partial charge in [0.05, 0.1) is 5.69 Å². The van der Waals surface area contributed by atoms with Crippen LogP contribution in [0.1, 0.15) is 22.9 Å². The van der Waals surface area contributed by atoms with Gasteiger partial charge in [0.15, 0.2) is 11.6 Å². The summed E-state index contributed by atoms with van der Waals surface area (Å²) in [4.78, 5) is 0.155. The highest BCUT2D eigenvalue weighted by molar-refractivity contribution is 7.89. The molecule has 0 saturated heterocycles. The monoisotopic (exact) mass is 400 g/mol. The Morgan fingerprint density at radius 3 is 2.43 bits per heavy atom. The minimum atomic E-state index is -3.86. The van der Waals surface area contributed by atoms with Gasteiger partial charge in [-0.1, -0.05) is 42.5 Å². The quantitative estimate of drug-likeness (QED) is 0.700. The lowest BCUT2D eigenvalue weighted by molar-refractivity contribution is 0.334. The van der Waals surface area contributed by atoms with E-state index in [1.807, 2.05) is 31.2 Å². The van der Waals surface area contributed by atoms with Gasteiger partial charge in [0.25, 0.3) is 0 Å². The highest BCUT2D eigenvalue weighted by atomic mass is 32.2. The van der Waals surface area contributed by atoms with Crippen LogP contribution in [0.15, 0.2) is 71.6 Å². The number of sulfonamides is 1. The standard InChI is InChI=1S/C21H18F2N2O2S/c1-14-6-2-3-7-16(14)13-25-21(15-10-11-17(22)18(23)12-15)24-19-8-4-5-9-20(19)28(25,26)27/h2-12,21,24H,13H2,1H3/t21-/m1/s1. The van der Waals surface area contributed by atoms with E-state index in [1.165, 1.54) is 16.4 Å². The van der Waals surface area contributed by atoms with Gasteiger partial charge in [0.1, 0.15) is 11.1 Å². The molecule has 7 heteroatoms. The van der Waals surface area contributed by atoms with Gasteiger partial charge < -0.3 is 5.32 Å². The summed E-state index contributed by atoms with van der Waals surface area (Å²) in [6.45, 7) is 2.00. The summed E-state index contributed by atoms with van der Waals surface area (Å²) >= 11 is 0. The summed E-state index contributed by atoms with van der Waals surface area (Å²) in [7, 11) is -3.86. The van der Waals surface area contributed by atoms with Crippen molar-refractivity contribution in [3.8, 4) is 0 Å². The molecule has 0 spiro atoms. The number of para-hydroxylation sites is 1. The largest absolute Gasteiger partial charge is 0.364 e. The maximum atomic E-state index is 13.9. The van der Waals surface area contributed by atoms with E-state index in [9.17, 15) is 17.2 Å². The van der Waals surface area contributed by atoms with Gasteiger partial charge in [-0.25, -0.2) is 17.2 Å². The molecular formula is C21H18F2N2O2S. The van der Waals surface area contributed by atoms with Crippen LogP contribution in [-0.2, 0) is 16.6 Å². The van der Waals surface area contributed by atoms with E-state index in [0.717, 1.165) is 23.3 Å². The van der Waals surface area contributed by atoms with Crippen LogP contribution in [0.4, 0.5) is 14.5 Å². The number of nitrogens with zero attached hydrogens (tertiary/aromatic N) is 1. The van der Waals surface area contributed by atoms with E-state index in [4.69, 9.17) is 0 Å². The maximum absolute atomic E-state index is 13.9. The fraction of sp³-hybridized carbons (Fsp3) is 0.143. The fourth-order valence-electron chi connectivity index (χ4n) is 3.36. The Hall–Kier alpha value is -2.77. The van der Waals surface area contributed by atoms with Crippen molar-refractivity contribution in [3.63, 3.8) is 0 Å². The lowest BCUT2D eigenvalue weighted by Crippen LogP contribution is -2.42. The molecule has 0 aliphatic carbocycles. The summed E-state index contributed by atoms with van der Waals surface area (Å²) in [5.41, 5.74) is 2.53. The van der Waals surface area contributed by atoms with E-state index in [-0.39, 0.29) is 11.4 Å². The summed E-state index contributed by atoms with van der Waals surface area (Å²) in [6, 6.07) is 17.5. The molecule has 1 atom stereocenters. The zero-order valence-electron chi connectivity index (χ0n) is 15.1. The van der Waals surface area contributed by atoms with E-state index >= 15 is 0 Å². The Morgan fingerprint density at radius 1 is 0.964 bits per heavy atom. The molecule has 0 unspecified atom stereocenters. The lowest BCUT2D eigenvalue weighted by atomic mass is 10.1. The zero-order chi connectivity index (χ0) is 19.9. The molecule has 0 bridgehead atoms. The van der Waals surface area contributed by atoms with Crippen molar-refractivity contribution in [3.05, 3.63) is 95.1 Å². The van der Waals surface area contributed by atoms with Crippen LogP contribution in [-0.4, -0.2) is 12.7 Å². The number of hydrogen-bond donors (Lipinski definition) is 1. The molecule has 0 saturated carbocycles. The third-order valence-corrected chi connectivity index (χ3v) is 6.77. The molecule has 28 heavy (non-hydrogen) atoms. The van der Waals surface area contributed by atoms with Gasteiger partial charge in [0.2, 0.25) is 10.0 Å². The number of hydrogen-bond acceptors (Lipinski definition) is 3. The van der Waals surface area contributed by atoms with Gasteiger partial charge in [0, 0.05) is 6.54 Å². The van der Waals surface area contributed by atoms with Crippen LogP contribution >= 0.6 is 0 Å². The highest BCUT2D eigenvalue weighted by Gasteiger charge is 2.39. The Kier molecular flexibility index (Phi) is 4.64. The maximum Gasteiger partial charge on any atom is 0.247 e. The van der Waals surface area contributed by atoms with Crippen molar-refractivity contribution >= 4 is 15.7 Å². The van der Waals surface area contributed by atoms with Gasteiger partial charge in [-0.15, -0.1) is 0 Å². The molecule has 1 aliphatic rings. The number of rotatable bonds is 3. The number of anilines is 1. The van der Waals surface area contributed by atoms with Crippen molar-refractivity contribution < 1.29 is 17.2 Å². The van der Waals surface area contributed by atoms with Crippen molar-refractivity contribution in [2.45, 2.75) is 24.5 Å². The molecule has 0 radical (unpaired) electrons. The molecule has 0 amide bonds. The molecule has 0 aromatic heterocycles. The molecule has 0 fully saturated rings. The lowest BCUT2D eigenvalue weighted by Gasteiger charge is -2.37. The Bertz CT molecular complexity index is 1150. The van der Waals surface area contributed by atoms with Crippen LogP contribution < -0.4 is 5.32 Å². The summed E-state index contributed by atoms with van der Waals surface area (Å²) in [6.07, 6.45) is -0.866. The van der Waals surface area contributed by atoms with E-state index in [2.05, 4.69) is 5.32 Å². The minimum absolute atomic E-state index is 0.0972. The predicted octanol–water partition coefficient (Wildman–Crippen LogP) is 4.59.